The van der Waals surface area contributed by atoms with Crippen molar-refractivity contribution < 1.29 is 13.2 Å². The van der Waals surface area contributed by atoms with Crippen molar-refractivity contribution in [2.75, 3.05) is 28.6 Å². The first kappa shape index (κ1) is 20.4. The molecule has 0 atom stereocenters. The summed E-state index contributed by atoms with van der Waals surface area (Å²) in [4.78, 5) is 14.7. The zero-order valence-corrected chi connectivity index (χ0v) is 17.6. The second-order valence-electron chi connectivity index (χ2n) is 7.44. The Morgan fingerprint density at radius 1 is 1.11 bits per heavy atom. The summed E-state index contributed by atoms with van der Waals surface area (Å²) in [7, 11) is -3.42. The van der Waals surface area contributed by atoms with Gasteiger partial charge < -0.3 is 4.90 Å². The maximum Gasteiger partial charge on any atom is 0.232 e. The average Bonchev–Trinajstić information content (AvgIpc) is 2.66. The summed E-state index contributed by atoms with van der Waals surface area (Å²) in [5.41, 5.74) is 4.89. The minimum Gasteiger partial charge on any atom is -0.312 e. The minimum atomic E-state index is -3.42. The average molecular weight is 401 g/mol. The van der Waals surface area contributed by atoms with Gasteiger partial charge in [0, 0.05) is 25.2 Å². The van der Waals surface area contributed by atoms with Crippen molar-refractivity contribution in [3.63, 3.8) is 0 Å². The smallest absolute Gasteiger partial charge is 0.232 e. The highest BCUT2D eigenvalue weighted by Gasteiger charge is 2.23. The van der Waals surface area contributed by atoms with Gasteiger partial charge >= 0.3 is 0 Å². The summed E-state index contributed by atoms with van der Waals surface area (Å²) in [6.07, 6.45) is 3.98. The van der Waals surface area contributed by atoms with Crippen LogP contribution in [-0.4, -0.2) is 33.7 Å². The molecule has 1 aliphatic heterocycles. The third kappa shape index (κ3) is 4.38. The van der Waals surface area contributed by atoms with Gasteiger partial charge in [-0.1, -0.05) is 30.3 Å². The molecular weight excluding hydrogens is 372 g/mol. The normalized spacial score (nSPS) is 13.9. The van der Waals surface area contributed by atoms with Crippen LogP contribution in [-0.2, 0) is 21.2 Å². The van der Waals surface area contributed by atoms with E-state index in [1.165, 1.54) is 16.1 Å². The lowest BCUT2D eigenvalue weighted by molar-refractivity contribution is -0.118. The Balaban J connectivity index is 1.70. The van der Waals surface area contributed by atoms with Crippen LogP contribution < -0.4 is 9.21 Å². The lowest BCUT2D eigenvalue weighted by Gasteiger charge is -2.30. The maximum atomic E-state index is 12.8. The third-order valence-corrected chi connectivity index (χ3v) is 6.59. The fourth-order valence-electron chi connectivity index (χ4n) is 3.77. The first-order chi connectivity index (χ1) is 13.3. The highest BCUT2D eigenvalue weighted by molar-refractivity contribution is 7.92. The number of rotatable bonds is 6. The van der Waals surface area contributed by atoms with Crippen molar-refractivity contribution in [2.45, 2.75) is 39.5 Å². The Kier molecular flexibility index (Phi) is 6.08. The SMILES string of the molecule is Cc1cccc(N(CCCC(=O)N2CCCc3ccccc32)S(C)(=O)=O)c1C. The Bertz CT molecular complexity index is 969. The topological polar surface area (TPSA) is 57.7 Å². The second kappa shape index (κ2) is 8.35. The quantitative estimate of drug-likeness (QED) is 0.740. The fourth-order valence-corrected chi connectivity index (χ4v) is 4.79. The van der Waals surface area contributed by atoms with Gasteiger partial charge in [0.2, 0.25) is 15.9 Å². The van der Waals surface area contributed by atoms with Gasteiger partial charge in [-0.15, -0.1) is 0 Å². The van der Waals surface area contributed by atoms with E-state index in [-0.39, 0.29) is 5.91 Å². The molecule has 0 aliphatic carbocycles. The molecule has 2 aromatic rings. The van der Waals surface area contributed by atoms with Crippen molar-refractivity contribution in [3.05, 3.63) is 59.2 Å². The molecule has 0 saturated heterocycles. The van der Waals surface area contributed by atoms with Crippen LogP contribution in [0.1, 0.15) is 36.0 Å². The second-order valence-corrected chi connectivity index (χ2v) is 9.34. The summed E-state index contributed by atoms with van der Waals surface area (Å²) in [5, 5.41) is 0. The van der Waals surface area contributed by atoms with Gasteiger partial charge in [-0.2, -0.15) is 0 Å². The van der Waals surface area contributed by atoms with E-state index < -0.39 is 10.0 Å². The molecule has 0 aromatic heterocycles. The van der Waals surface area contributed by atoms with E-state index in [9.17, 15) is 13.2 Å². The highest BCUT2D eigenvalue weighted by atomic mass is 32.2. The highest BCUT2D eigenvalue weighted by Crippen LogP contribution is 2.28. The van der Waals surface area contributed by atoms with Gasteiger partial charge in [0.15, 0.2) is 0 Å². The standard InChI is InChI=1S/C22H28N2O3S/c1-17-9-6-13-20(18(17)2)24(28(3,26)27)16-8-14-22(25)23-15-7-11-19-10-4-5-12-21(19)23/h4-6,9-10,12-13H,7-8,11,14-16H2,1-3H3. The van der Waals surface area contributed by atoms with E-state index >= 15 is 0 Å². The largest absolute Gasteiger partial charge is 0.312 e. The van der Waals surface area contributed by atoms with Crippen LogP contribution in [0.4, 0.5) is 11.4 Å². The van der Waals surface area contributed by atoms with E-state index in [0.717, 1.165) is 36.2 Å². The van der Waals surface area contributed by atoms with Gasteiger partial charge in [0.1, 0.15) is 0 Å². The van der Waals surface area contributed by atoms with E-state index in [0.29, 0.717) is 25.1 Å². The number of hydrogen-bond acceptors (Lipinski definition) is 3. The molecule has 2 aromatic carbocycles. The molecule has 6 heteroatoms. The summed E-state index contributed by atoms with van der Waals surface area (Å²) in [6, 6.07) is 13.7. The van der Waals surface area contributed by atoms with Crippen molar-refractivity contribution >= 4 is 27.3 Å². The Labute approximate surface area is 168 Å². The number of amides is 1. The van der Waals surface area contributed by atoms with Crippen molar-refractivity contribution in [2.24, 2.45) is 0 Å². The first-order valence-corrected chi connectivity index (χ1v) is 11.6. The number of aryl methyl sites for hydroxylation is 2. The van der Waals surface area contributed by atoms with E-state index in [2.05, 4.69) is 6.07 Å². The van der Waals surface area contributed by atoms with Gasteiger partial charge in [-0.05, 0) is 61.9 Å². The number of anilines is 2. The predicted octanol–water partition coefficient (Wildman–Crippen LogP) is 3.83. The zero-order chi connectivity index (χ0) is 20.3. The monoisotopic (exact) mass is 400 g/mol. The van der Waals surface area contributed by atoms with Gasteiger partial charge in [-0.25, -0.2) is 8.42 Å². The van der Waals surface area contributed by atoms with E-state index in [1.54, 1.807) is 0 Å². The van der Waals surface area contributed by atoms with Crippen LogP contribution >= 0.6 is 0 Å². The molecule has 150 valence electrons. The number of carbonyl (C=O) groups excluding carboxylic acids is 1. The molecule has 0 saturated carbocycles. The Morgan fingerprint density at radius 2 is 1.86 bits per heavy atom. The third-order valence-electron chi connectivity index (χ3n) is 5.41. The van der Waals surface area contributed by atoms with Crippen molar-refractivity contribution in [3.8, 4) is 0 Å². The van der Waals surface area contributed by atoms with Gasteiger partial charge in [0.25, 0.3) is 0 Å². The predicted molar refractivity (Wildman–Crippen MR) is 114 cm³/mol. The molecule has 0 bridgehead atoms. The number of nitrogens with zero attached hydrogens (tertiary/aromatic N) is 2. The zero-order valence-electron chi connectivity index (χ0n) is 16.8. The summed E-state index contributed by atoms with van der Waals surface area (Å²) >= 11 is 0. The fraction of sp³-hybridized carbons (Fsp3) is 0.409. The lowest BCUT2D eigenvalue weighted by atomic mass is 10.0. The number of para-hydroxylation sites is 1. The molecule has 0 spiro atoms. The van der Waals surface area contributed by atoms with Crippen LogP contribution in [0, 0.1) is 13.8 Å². The maximum absolute atomic E-state index is 12.8. The molecule has 5 nitrogen and oxygen atoms in total. The van der Waals surface area contributed by atoms with E-state index in [4.69, 9.17) is 0 Å². The molecule has 0 radical (unpaired) electrons. The first-order valence-electron chi connectivity index (χ1n) is 9.71. The summed E-state index contributed by atoms with van der Waals surface area (Å²) < 4.78 is 26.2. The number of sulfonamides is 1. The van der Waals surface area contributed by atoms with Crippen LogP contribution in [0.25, 0.3) is 0 Å². The Hall–Kier alpha value is -2.34. The van der Waals surface area contributed by atoms with Gasteiger partial charge in [-0.3, -0.25) is 9.10 Å². The Morgan fingerprint density at radius 3 is 2.61 bits per heavy atom. The molecule has 3 rings (SSSR count). The molecular formula is C22H28N2O3S. The van der Waals surface area contributed by atoms with Crippen LogP contribution in [0.5, 0.6) is 0 Å². The molecule has 0 fully saturated rings. The summed E-state index contributed by atoms with van der Waals surface area (Å²) in [5.74, 6) is 0.0570. The molecule has 1 heterocycles. The van der Waals surface area contributed by atoms with Crippen molar-refractivity contribution in [1.29, 1.82) is 0 Å². The molecule has 1 amide bonds. The molecule has 0 unspecified atom stereocenters. The number of fused-ring (bicyclic) bond motifs is 1. The minimum absolute atomic E-state index is 0.0570. The number of hydrogen-bond donors (Lipinski definition) is 0. The molecule has 28 heavy (non-hydrogen) atoms. The molecule has 1 aliphatic rings. The van der Waals surface area contributed by atoms with Crippen LogP contribution in [0.15, 0.2) is 42.5 Å². The van der Waals surface area contributed by atoms with Crippen LogP contribution in [0.3, 0.4) is 0 Å². The van der Waals surface area contributed by atoms with Gasteiger partial charge in [0.05, 0.1) is 11.9 Å². The lowest BCUT2D eigenvalue weighted by Crippen LogP contribution is -2.36. The van der Waals surface area contributed by atoms with E-state index in [1.807, 2.05) is 55.1 Å². The van der Waals surface area contributed by atoms with Crippen molar-refractivity contribution in [1.82, 2.24) is 0 Å². The summed E-state index contributed by atoms with van der Waals surface area (Å²) in [6.45, 7) is 4.92. The molecule has 0 N–H and O–H groups in total. The number of benzene rings is 2. The van der Waals surface area contributed by atoms with Crippen LogP contribution in [0.2, 0.25) is 0 Å². The number of carbonyl (C=O) groups is 1.